The van der Waals surface area contributed by atoms with Crippen LogP contribution in [0.25, 0.3) is 11.3 Å². The molecule has 156 valence electrons. The molecule has 10 heteroatoms. The summed E-state index contributed by atoms with van der Waals surface area (Å²) in [6, 6.07) is 5.72. The molecule has 0 aliphatic heterocycles. The number of methoxy groups -OCH3 is 1. The molecule has 0 saturated carbocycles. The first-order valence-electron chi connectivity index (χ1n) is 8.68. The molecule has 2 amide bonds. The van der Waals surface area contributed by atoms with Gasteiger partial charge >= 0.3 is 12.1 Å². The summed E-state index contributed by atoms with van der Waals surface area (Å²) in [5.74, 6) is -1.33. The lowest BCUT2D eigenvalue weighted by Crippen LogP contribution is -2.44. The first-order valence-corrected chi connectivity index (χ1v) is 9.56. The lowest BCUT2D eigenvalue weighted by molar-refractivity contribution is -0.143. The van der Waals surface area contributed by atoms with Crippen LogP contribution in [0.3, 0.4) is 0 Å². The van der Waals surface area contributed by atoms with Gasteiger partial charge in [0.15, 0.2) is 11.0 Å². The minimum Gasteiger partial charge on any atom is -0.467 e. The van der Waals surface area contributed by atoms with Crippen molar-refractivity contribution in [3.63, 3.8) is 0 Å². The van der Waals surface area contributed by atoms with Crippen LogP contribution in [0.2, 0.25) is 0 Å². The summed E-state index contributed by atoms with van der Waals surface area (Å²) in [7, 11) is 1.17. The third kappa shape index (κ3) is 6.54. The van der Waals surface area contributed by atoms with Gasteiger partial charge in [-0.05, 0) is 32.9 Å². The summed E-state index contributed by atoms with van der Waals surface area (Å²) in [5.41, 5.74) is 1.26. The first-order chi connectivity index (χ1) is 13.6. The molecule has 0 spiro atoms. The first kappa shape index (κ1) is 22.3. The fourth-order valence-corrected chi connectivity index (χ4v) is 2.93. The minimum atomic E-state index is -1.15. The van der Waals surface area contributed by atoms with E-state index in [1.807, 2.05) is 0 Å². The van der Waals surface area contributed by atoms with Gasteiger partial charge in [-0.1, -0.05) is 12.1 Å². The van der Waals surface area contributed by atoms with Gasteiger partial charge in [-0.2, -0.15) is 0 Å². The number of thiazole rings is 1. The third-order valence-corrected chi connectivity index (χ3v) is 4.34. The molecule has 2 rings (SSSR count). The van der Waals surface area contributed by atoms with Crippen LogP contribution in [-0.2, 0) is 14.3 Å². The van der Waals surface area contributed by atoms with E-state index in [9.17, 15) is 19.5 Å². The van der Waals surface area contributed by atoms with Crippen LogP contribution in [-0.4, -0.2) is 53.4 Å². The Morgan fingerprint density at radius 1 is 1.21 bits per heavy atom. The Bertz CT molecular complexity index is 873. The maximum atomic E-state index is 12.2. The Balaban J connectivity index is 2.04. The van der Waals surface area contributed by atoms with Crippen molar-refractivity contribution >= 4 is 35.0 Å². The molecule has 0 bridgehead atoms. The van der Waals surface area contributed by atoms with Crippen LogP contribution in [0.4, 0.5) is 10.5 Å². The van der Waals surface area contributed by atoms with Crippen molar-refractivity contribution in [3.05, 3.63) is 34.7 Å². The van der Waals surface area contributed by atoms with E-state index in [2.05, 4.69) is 20.4 Å². The van der Waals surface area contributed by atoms with Crippen molar-refractivity contribution < 1.29 is 29.0 Å². The molecule has 0 radical (unpaired) electrons. The molecule has 1 aromatic heterocycles. The molecule has 0 unspecified atom stereocenters. The van der Waals surface area contributed by atoms with Crippen LogP contribution in [0.1, 0.15) is 30.6 Å². The van der Waals surface area contributed by atoms with E-state index in [0.29, 0.717) is 11.4 Å². The summed E-state index contributed by atoms with van der Waals surface area (Å²) in [4.78, 5) is 39.8. The van der Waals surface area contributed by atoms with Gasteiger partial charge in [-0.25, -0.2) is 14.6 Å². The second-order valence-electron chi connectivity index (χ2n) is 6.97. The number of aromatic nitrogens is 1. The van der Waals surface area contributed by atoms with Gasteiger partial charge in [0, 0.05) is 16.6 Å². The zero-order chi connectivity index (χ0) is 21.6. The van der Waals surface area contributed by atoms with E-state index in [4.69, 9.17) is 4.74 Å². The molecular formula is C19H23N3O6S. The van der Waals surface area contributed by atoms with Gasteiger partial charge in [-0.15, -0.1) is 11.3 Å². The lowest BCUT2D eigenvalue weighted by Gasteiger charge is -2.19. The number of benzene rings is 1. The number of anilines is 1. The van der Waals surface area contributed by atoms with Crippen LogP contribution >= 0.6 is 11.3 Å². The maximum Gasteiger partial charge on any atom is 0.412 e. The predicted molar refractivity (Wildman–Crippen MR) is 108 cm³/mol. The monoisotopic (exact) mass is 421 g/mol. The molecule has 29 heavy (non-hydrogen) atoms. The molecule has 2 aromatic rings. The highest BCUT2D eigenvalue weighted by Gasteiger charge is 2.23. The highest BCUT2D eigenvalue weighted by molar-refractivity contribution is 7.12. The number of carbonyl (C=O) groups is 3. The Hall–Kier alpha value is -2.98. The topological polar surface area (TPSA) is 127 Å². The van der Waals surface area contributed by atoms with Crippen molar-refractivity contribution in [3.8, 4) is 11.3 Å². The van der Waals surface area contributed by atoms with Gasteiger partial charge < -0.3 is 19.9 Å². The quantitative estimate of drug-likeness (QED) is 0.611. The standard InChI is InChI=1S/C19H23N3O6S/c1-19(2,3)28-18(26)20-12-7-5-11(6-8-12)14-10-29-16(22-14)15(24)21-13(9-23)17(25)27-4/h5-8,10,13,23H,9H2,1-4H3,(H,20,26)(H,21,24)/t13-/m0/s1. The van der Waals surface area contributed by atoms with Gasteiger partial charge in [0.05, 0.1) is 19.4 Å². The van der Waals surface area contributed by atoms with E-state index < -0.39 is 36.2 Å². The summed E-state index contributed by atoms with van der Waals surface area (Å²) in [5, 5.41) is 16.0. The third-order valence-electron chi connectivity index (χ3n) is 3.50. The van der Waals surface area contributed by atoms with Gasteiger partial charge in [0.25, 0.3) is 5.91 Å². The number of rotatable bonds is 6. The van der Waals surface area contributed by atoms with Gasteiger partial charge in [0.1, 0.15) is 5.60 Å². The molecule has 0 aliphatic rings. The van der Waals surface area contributed by atoms with Crippen molar-refractivity contribution in [2.24, 2.45) is 0 Å². The van der Waals surface area contributed by atoms with Gasteiger partial charge in [-0.3, -0.25) is 10.1 Å². The summed E-state index contributed by atoms with van der Waals surface area (Å²) in [6.07, 6.45) is -0.554. The second-order valence-corrected chi connectivity index (χ2v) is 7.83. The normalized spacial score (nSPS) is 12.0. The molecule has 0 fully saturated rings. The Labute approximate surface area is 172 Å². The Morgan fingerprint density at radius 3 is 2.41 bits per heavy atom. The molecule has 1 aromatic carbocycles. The Morgan fingerprint density at radius 2 is 1.86 bits per heavy atom. The summed E-state index contributed by atoms with van der Waals surface area (Å²) < 4.78 is 9.71. The number of hydrogen-bond acceptors (Lipinski definition) is 8. The molecule has 9 nitrogen and oxygen atoms in total. The molecule has 3 N–H and O–H groups in total. The van der Waals surface area contributed by atoms with Crippen molar-refractivity contribution in [2.45, 2.75) is 32.4 Å². The zero-order valence-electron chi connectivity index (χ0n) is 16.5. The van der Waals surface area contributed by atoms with Crippen molar-refractivity contribution in [1.82, 2.24) is 10.3 Å². The van der Waals surface area contributed by atoms with E-state index in [-0.39, 0.29) is 5.01 Å². The predicted octanol–water partition coefficient (Wildman–Crippen LogP) is 2.42. The Kier molecular flexibility index (Phi) is 7.29. The smallest absolute Gasteiger partial charge is 0.412 e. The van der Waals surface area contributed by atoms with Crippen molar-refractivity contribution in [2.75, 3.05) is 19.0 Å². The van der Waals surface area contributed by atoms with Crippen molar-refractivity contribution in [1.29, 1.82) is 0 Å². The van der Waals surface area contributed by atoms with E-state index in [1.54, 1.807) is 50.4 Å². The van der Waals surface area contributed by atoms with Crippen LogP contribution in [0.5, 0.6) is 0 Å². The van der Waals surface area contributed by atoms with E-state index in [0.717, 1.165) is 16.9 Å². The fraction of sp³-hybridized carbons (Fsp3) is 0.368. The van der Waals surface area contributed by atoms with E-state index in [1.165, 1.54) is 7.11 Å². The fourth-order valence-electron chi connectivity index (χ4n) is 2.20. The van der Waals surface area contributed by atoms with Crippen LogP contribution in [0, 0.1) is 0 Å². The molecule has 0 saturated heterocycles. The van der Waals surface area contributed by atoms with Crippen LogP contribution in [0.15, 0.2) is 29.6 Å². The zero-order valence-corrected chi connectivity index (χ0v) is 17.3. The largest absolute Gasteiger partial charge is 0.467 e. The number of aliphatic hydroxyl groups is 1. The SMILES string of the molecule is COC(=O)[C@H](CO)NC(=O)c1nc(-c2ccc(NC(=O)OC(C)(C)C)cc2)cs1. The number of esters is 1. The average Bonchev–Trinajstić information content (AvgIpc) is 3.14. The molecule has 1 heterocycles. The number of nitrogens with one attached hydrogen (secondary N) is 2. The summed E-state index contributed by atoms with van der Waals surface area (Å²) in [6.45, 7) is 4.75. The summed E-state index contributed by atoms with van der Waals surface area (Å²) >= 11 is 1.10. The van der Waals surface area contributed by atoms with Gasteiger partial charge in [0.2, 0.25) is 0 Å². The number of hydrogen-bond donors (Lipinski definition) is 3. The number of nitrogens with zero attached hydrogens (tertiary/aromatic N) is 1. The number of ether oxygens (including phenoxy) is 2. The highest BCUT2D eigenvalue weighted by Crippen LogP contribution is 2.24. The molecular weight excluding hydrogens is 398 g/mol. The average molecular weight is 421 g/mol. The van der Waals surface area contributed by atoms with Crippen LogP contribution < -0.4 is 10.6 Å². The highest BCUT2D eigenvalue weighted by atomic mass is 32.1. The number of carbonyl (C=O) groups excluding carboxylic acids is 3. The molecule has 1 atom stereocenters. The second kappa shape index (κ2) is 9.48. The number of amides is 2. The lowest BCUT2D eigenvalue weighted by atomic mass is 10.1. The molecule has 0 aliphatic carbocycles. The maximum absolute atomic E-state index is 12.2. The minimum absolute atomic E-state index is 0.137. The van der Waals surface area contributed by atoms with E-state index >= 15 is 0 Å². The number of aliphatic hydroxyl groups excluding tert-OH is 1.